The van der Waals surface area contributed by atoms with E-state index in [4.69, 9.17) is 9.26 Å². The molecule has 0 unspecified atom stereocenters. The molecule has 1 aliphatic heterocycles. The third kappa shape index (κ3) is 3.01. The lowest BCUT2D eigenvalue weighted by Gasteiger charge is -2.24. The number of aryl methyl sites for hydroxylation is 2. The van der Waals surface area contributed by atoms with Crippen molar-refractivity contribution in [3.63, 3.8) is 0 Å². The van der Waals surface area contributed by atoms with Crippen LogP contribution in [-0.2, 0) is 11.3 Å². The van der Waals surface area contributed by atoms with Crippen molar-refractivity contribution in [2.24, 2.45) is 0 Å². The number of hydrogen-bond acceptors (Lipinski definition) is 6. The highest BCUT2D eigenvalue weighted by molar-refractivity contribution is 5.92. The van der Waals surface area contributed by atoms with Gasteiger partial charge in [0.05, 0.1) is 12.8 Å². The molecule has 1 aliphatic rings. The lowest BCUT2D eigenvalue weighted by molar-refractivity contribution is 0.0597. The summed E-state index contributed by atoms with van der Waals surface area (Å²) in [6, 6.07) is 5.35. The molecule has 2 heterocycles. The van der Waals surface area contributed by atoms with E-state index in [1.54, 1.807) is 12.1 Å². The van der Waals surface area contributed by atoms with Gasteiger partial charge < -0.3 is 14.4 Å². The molecule has 128 valence electrons. The minimum Gasteiger partial charge on any atom is -0.507 e. The molecule has 6 nitrogen and oxygen atoms in total. The van der Waals surface area contributed by atoms with E-state index in [-0.39, 0.29) is 17.4 Å². The van der Waals surface area contributed by atoms with Crippen molar-refractivity contribution in [1.29, 1.82) is 0 Å². The number of carbonyl (C=O) groups excluding carboxylic acids is 1. The second kappa shape index (κ2) is 6.65. The van der Waals surface area contributed by atoms with Crippen LogP contribution in [0.25, 0.3) is 0 Å². The molecule has 0 spiro atoms. The molecule has 24 heavy (non-hydrogen) atoms. The fourth-order valence-electron chi connectivity index (χ4n) is 3.50. The number of phenols is 1. The number of benzene rings is 1. The maximum absolute atomic E-state index is 11.7. The molecule has 1 fully saturated rings. The van der Waals surface area contributed by atoms with Crippen LogP contribution in [0.2, 0.25) is 0 Å². The van der Waals surface area contributed by atoms with E-state index in [1.807, 2.05) is 19.9 Å². The Labute approximate surface area is 141 Å². The Kier molecular flexibility index (Phi) is 4.57. The van der Waals surface area contributed by atoms with Gasteiger partial charge in [-0.05, 0) is 50.9 Å². The average Bonchev–Trinajstić information content (AvgIpc) is 3.14. The first-order chi connectivity index (χ1) is 11.5. The predicted molar refractivity (Wildman–Crippen MR) is 87.8 cm³/mol. The molecule has 0 saturated carbocycles. The number of hydrogen-bond donors (Lipinski definition) is 1. The summed E-state index contributed by atoms with van der Waals surface area (Å²) in [7, 11) is 1.31. The van der Waals surface area contributed by atoms with Crippen LogP contribution in [0, 0.1) is 13.8 Å². The van der Waals surface area contributed by atoms with E-state index >= 15 is 0 Å². The largest absolute Gasteiger partial charge is 0.507 e. The Morgan fingerprint density at radius 3 is 2.92 bits per heavy atom. The van der Waals surface area contributed by atoms with Gasteiger partial charge in [0.1, 0.15) is 17.1 Å². The zero-order valence-electron chi connectivity index (χ0n) is 14.2. The number of likely N-dealkylation sites (tertiary alicyclic amines) is 1. The number of aromatic hydroxyl groups is 1. The molecule has 3 rings (SSSR count). The lowest BCUT2D eigenvalue weighted by Crippen LogP contribution is -2.23. The molecule has 0 bridgehead atoms. The summed E-state index contributed by atoms with van der Waals surface area (Å²) >= 11 is 0. The number of phenolic OH excluding ortho intramolecular Hbond substituents is 1. The topological polar surface area (TPSA) is 75.8 Å². The first-order valence-corrected chi connectivity index (χ1v) is 8.08. The highest BCUT2D eigenvalue weighted by atomic mass is 16.5. The highest BCUT2D eigenvalue weighted by Gasteiger charge is 2.30. The van der Waals surface area contributed by atoms with Gasteiger partial charge in [0.15, 0.2) is 0 Å². The van der Waals surface area contributed by atoms with Crippen molar-refractivity contribution in [3.05, 3.63) is 46.3 Å². The number of methoxy groups -OCH3 is 1. The highest BCUT2D eigenvalue weighted by Crippen LogP contribution is 2.36. The number of nitrogens with zero attached hydrogens (tertiary/aromatic N) is 2. The Morgan fingerprint density at radius 1 is 1.46 bits per heavy atom. The van der Waals surface area contributed by atoms with Gasteiger partial charge in [-0.2, -0.15) is 0 Å². The summed E-state index contributed by atoms with van der Waals surface area (Å²) < 4.78 is 10.0. The summed E-state index contributed by atoms with van der Waals surface area (Å²) in [5, 5.41) is 13.9. The Morgan fingerprint density at radius 2 is 2.25 bits per heavy atom. The number of rotatable bonds is 4. The molecule has 1 saturated heterocycles. The Balaban J connectivity index is 1.84. The smallest absolute Gasteiger partial charge is 0.341 e. The van der Waals surface area contributed by atoms with Crippen molar-refractivity contribution in [3.8, 4) is 5.75 Å². The van der Waals surface area contributed by atoms with Crippen LogP contribution in [0.5, 0.6) is 5.75 Å². The van der Waals surface area contributed by atoms with Gasteiger partial charge in [-0.15, -0.1) is 0 Å². The predicted octanol–water partition coefficient (Wildman–Crippen LogP) is 3.12. The van der Waals surface area contributed by atoms with Crippen LogP contribution in [0.4, 0.5) is 0 Å². The Hall–Kier alpha value is -2.34. The molecule has 2 aromatic rings. The third-order valence-corrected chi connectivity index (χ3v) is 4.64. The number of esters is 1. The zero-order chi connectivity index (χ0) is 17.3. The van der Waals surface area contributed by atoms with Crippen LogP contribution >= 0.6 is 0 Å². The molecule has 1 aromatic carbocycles. The first kappa shape index (κ1) is 16.5. The quantitative estimate of drug-likeness (QED) is 0.868. The molecule has 6 heteroatoms. The molecule has 0 amide bonds. The molecular weight excluding hydrogens is 308 g/mol. The summed E-state index contributed by atoms with van der Waals surface area (Å²) in [4.78, 5) is 14.1. The molecule has 0 aliphatic carbocycles. The first-order valence-electron chi connectivity index (χ1n) is 8.08. The van der Waals surface area contributed by atoms with Crippen molar-refractivity contribution in [2.75, 3.05) is 13.7 Å². The summed E-state index contributed by atoms with van der Waals surface area (Å²) in [5.41, 5.74) is 3.26. The fraction of sp³-hybridized carbons (Fsp3) is 0.444. The van der Waals surface area contributed by atoms with Gasteiger partial charge in [-0.1, -0.05) is 11.2 Å². The maximum atomic E-state index is 11.7. The van der Waals surface area contributed by atoms with E-state index in [0.29, 0.717) is 6.54 Å². The second-order valence-corrected chi connectivity index (χ2v) is 6.21. The molecule has 1 aromatic heterocycles. The lowest BCUT2D eigenvalue weighted by atomic mass is 10.0. The van der Waals surface area contributed by atoms with Crippen LogP contribution in [0.15, 0.2) is 22.7 Å². The molecule has 1 atom stereocenters. The number of ether oxygens (including phenoxy) is 1. The fourth-order valence-corrected chi connectivity index (χ4v) is 3.50. The van der Waals surface area contributed by atoms with Gasteiger partial charge in [0.25, 0.3) is 0 Å². The van der Waals surface area contributed by atoms with Crippen LogP contribution in [0.3, 0.4) is 0 Å². The zero-order valence-corrected chi connectivity index (χ0v) is 14.2. The van der Waals surface area contributed by atoms with Gasteiger partial charge in [0.2, 0.25) is 0 Å². The second-order valence-electron chi connectivity index (χ2n) is 6.21. The van der Waals surface area contributed by atoms with E-state index in [9.17, 15) is 9.90 Å². The van der Waals surface area contributed by atoms with E-state index in [0.717, 1.165) is 36.4 Å². The van der Waals surface area contributed by atoms with Gasteiger partial charge in [-0.25, -0.2) is 4.79 Å². The monoisotopic (exact) mass is 330 g/mol. The van der Waals surface area contributed by atoms with Gasteiger partial charge >= 0.3 is 5.97 Å². The molecular formula is C18H22N2O4. The summed E-state index contributed by atoms with van der Waals surface area (Å²) in [5.74, 6) is 0.276. The van der Waals surface area contributed by atoms with Gasteiger partial charge in [0, 0.05) is 18.2 Å². The van der Waals surface area contributed by atoms with E-state index in [2.05, 4.69) is 10.1 Å². The SMILES string of the molecule is COC(=O)c1cc(CN2CCC[C@H]2c2c(C)noc2C)ccc1O. The van der Waals surface area contributed by atoms with Crippen LogP contribution in [-0.4, -0.2) is 34.8 Å². The van der Waals surface area contributed by atoms with E-state index < -0.39 is 5.97 Å². The standard InChI is InChI=1S/C18H22N2O4/c1-11-17(12(2)24-19-11)15-5-4-8-20(15)10-13-6-7-16(21)14(9-13)18(22)23-3/h6-7,9,15,21H,4-5,8,10H2,1-3H3/t15-/m0/s1. The number of aromatic nitrogens is 1. The summed E-state index contributed by atoms with van der Waals surface area (Å²) in [6.45, 7) is 5.59. The van der Waals surface area contributed by atoms with Crippen LogP contribution in [0.1, 0.15) is 51.8 Å². The minimum absolute atomic E-state index is 0.0608. The average molecular weight is 330 g/mol. The van der Waals surface area contributed by atoms with E-state index in [1.165, 1.54) is 12.7 Å². The number of carbonyl (C=O) groups is 1. The maximum Gasteiger partial charge on any atom is 0.341 e. The Bertz CT molecular complexity index is 734. The third-order valence-electron chi connectivity index (χ3n) is 4.64. The van der Waals surface area contributed by atoms with Gasteiger partial charge in [-0.3, -0.25) is 4.90 Å². The van der Waals surface area contributed by atoms with Crippen molar-refractivity contribution in [2.45, 2.75) is 39.3 Å². The van der Waals surface area contributed by atoms with Crippen molar-refractivity contribution < 1.29 is 19.2 Å². The van der Waals surface area contributed by atoms with Crippen molar-refractivity contribution in [1.82, 2.24) is 10.1 Å². The van der Waals surface area contributed by atoms with Crippen molar-refractivity contribution >= 4 is 5.97 Å². The molecule has 1 N–H and O–H groups in total. The molecule has 0 radical (unpaired) electrons. The summed E-state index contributed by atoms with van der Waals surface area (Å²) in [6.07, 6.45) is 2.17. The normalized spacial score (nSPS) is 18.0. The minimum atomic E-state index is -0.530. The van der Waals surface area contributed by atoms with Crippen LogP contribution < -0.4 is 0 Å².